The average Bonchev–Trinajstić information content (AvgIpc) is 2.88. The lowest BCUT2D eigenvalue weighted by Crippen LogP contribution is -2.39. The lowest BCUT2D eigenvalue weighted by atomic mass is 9.92. The van der Waals surface area contributed by atoms with Crippen LogP contribution in [0.4, 0.5) is 0 Å². The number of fused-ring (bicyclic) bond motifs is 1. The molecule has 0 bridgehead atoms. The number of nitrogens with one attached hydrogen (secondary N) is 1. The predicted molar refractivity (Wildman–Crippen MR) is 81.8 cm³/mol. The maximum Gasteiger partial charge on any atom is 0.258 e. The zero-order valence-electron chi connectivity index (χ0n) is 13.2. The molecule has 3 rings (SSSR count). The van der Waals surface area contributed by atoms with Crippen LogP contribution in [0.1, 0.15) is 47.4 Å². The summed E-state index contributed by atoms with van der Waals surface area (Å²) in [4.78, 5) is 16.9. The highest BCUT2D eigenvalue weighted by molar-refractivity contribution is 6.06. The van der Waals surface area contributed by atoms with Crippen LogP contribution < -0.4 is 5.32 Å². The molecule has 0 aromatic carbocycles. The van der Waals surface area contributed by atoms with Crippen LogP contribution in [0.25, 0.3) is 11.1 Å². The fraction of sp³-hybridized carbons (Fsp3) is 0.562. The normalized spacial score (nSPS) is 22.0. The van der Waals surface area contributed by atoms with Crippen LogP contribution in [0.3, 0.4) is 0 Å². The van der Waals surface area contributed by atoms with Gasteiger partial charge in [-0.1, -0.05) is 5.16 Å². The molecular formula is C16H21N3O3. The Labute approximate surface area is 129 Å². The number of hydrogen-bond donors (Lipinski definition) is 1. The Bertz CT molecular complexity index is 687. The summed E-state index contributed by atoms with van der Waals surface area (Å²) in [6.45, 7) is 3.67. The van der Waals surface area contributed by atoms with Gasteiger partial charge in [-0.25, -0.2) is 4.98 Å². The van der Waals surface area contributed by atoms with E-state index in [0.29, 0.717) is 28.5 Å². The number of carbonyl (C=O) groups is 1. The van der Waals surface area contributed by atoms with Crippen molar-refractivity contribution in [1.82, 2.24) is 15.5 Å². The van der Waals surface area contributed by atoms with E-state index < -0.39 is 0 Å². The molecule has 1 aliphatic carbocycles. The van der Waals surface area contributed by atoms with Gasteiger partial charge < -0.3 is 14.6 Å². The number of aromatic nitrogens is 2. The first-order chi connectivity index (χ1) is 10.6. The molecule has 0 saturated heterocycles. The average molecular weight is 303 g/mol. The van der Waals surface area contributed by atoms with Gasteiger partial charge in [0.25, 0.3) is 11.6 Å². The highest BCUT2D eigenvalue weighted by Crippen LogP contribution is 2.24. The standard InChI is InChI=1S/C16H21N3O3/c1-9-8-13(14-10(2)19-22-16(14)17-9)15(20)18-11-4-6-12(21-3)7-5-11/h8,11-12H,4-7H2,1-3H3,(H,18,20). The molecule has 118 valence electrons. The summed E-state index contributed by atoms with van der Waals surface area (Å²) in [6.07, 6.45) is 4.18. The molecule has 2 heterocycles. The molecular weight excluding hydrogens is 282 g/mol. The fourth-order valence-electron chi connectivity index (χ4n) is 3.10. The Kier molecular flexibility index (Phi) is 4.11. The van der Waals surface area contributed by atoms with Crippen LogP contribution in [0.2, 0.25) is 0 Å². The van der Waals surface area contributed by atoms with Crippen molar-refractivity contribution in [3.63, 3.8) is 0 Å². The van der Waals surface area contributed by atoms with E-state index in [1.165, 1.54) is 0 Å². The van der Waals surface area contributed by atoms with Gasteiger partial charge in [-0.05, 0) is 45.6 Å². The van der Waals surface area contributed by atoms with Gasteiger partial charge in [0, 0.05) is 18.8 Å². The third kappa shape index (κ3) is 2.83. The van der Waals surface area contributed by atoms with Crippen LogP contribution in [-0.4, -0.2) is 35.3 Å². The number of ether oxygens (including phenoxy) is 1. The Morgan fingerprint density at radius 2 is 2.05 bits per heavy atom. The molecule has 1 fully saturated rings. The van der Waals surface area contributed by atoms with Crippen molar-refractivity contribution in [2.75, 3.05) is 7.11 Å². The summed E-state index contributed by atoms with van der Waals surface area (Å²) in [5, 5.41) is 7.74. The van der Waals surface area contributed by atoms with Crippen molar-refractivity contribution in [2.45, 2.75) is 51.7 Å². The molecule has 0 spiro atoms. The number of aryl methyl sites for hydroxylation is 2. The van der Waals surface area contributed by atoms with Gasteiger partial charge in [0.15, 0.2) is 0 Å². The second kappa shape index (κ2) is 6.04. The number of pyridine rings is 1. The van der Waals surface area contributed by atoms with E-state index >= 15 is 0 Å². The molecule has 0 radical (unpaired) electrons. The van der Waals surface area contributed by atoms with Gasteiger partial charge in [-0.2, -0.15) is 0 Å². The smallest absolute Gasteiger partial charge is 0.258 e. The Hall–Kier alpha value is -1.95. The van der Waals surface area contributed by atoms with Crippen LogP contribution in [-0.2, 0) is 4.74 Å². The number of methoxy groups -OCH3 is 1. The summed E-state index contributed by atoms with van der Waals surface area (Å²) >= 11 is 0. The number of rotatable bonds is 3. The summed E-state index contributed by atoms with van der Waals surface area (Å²) in [7, 11) is 1.74. The highest BCUT2D eigenvalue weighted by atomic mass is 16.5. The van der Waals surface area contributed by atoms with E-state index in [1.54, 1.807) is 13.2 Å². The van der Waals surface area contributed by atoms with Crippen molar-refractivity contribution >= 4 is 17.0 Å². The molecule has 1 amide bonds. The van der Waals surface area contributed by atoms with E-state index in [0.717, 1.165) is 31.4 Å². The topological polar surface area (TPSA) is 77.2 Å². The summed E-state index contributed by atoms with van der Waals surface area (Å²) in [6, 6.07) is 1.99. The summed E-state index contributed by atoms with van der Waals surface area (Å²) in [5.41, 5.74) is 2.45. The van der Waals surface area contributed by atoms with Crippen molar-refractivity contribution in [3.8, 4) is 0 Å². The fourth-order valence-corrected chi connectivity index (χ4v) is 3.10. The van der Waals surface area contributed by atoms with E-state index in [4.69, 9.17) is 9.26 Å². The lowest BCUT2D eigenvalue weighted by Gasteiger charge is -2.28. The van der Waals surface area contributed by atoms with Gasteiger partial charge >= 0.3 is 0 Å². The molecule has 1 N–H and O–H groups in total. The van der Waals surface area contributed by atoms with Crippen molar-refractivity contribution in [3.05, 3.63) is 23.0 Å². The van der Waals surface area contributed by atoms with Gasteiger partial charge in [0.05, 0.1) is 22.7 Å². The van der Waals surface area contributed by atoms with Gasteiger partial charge in [-0.3, -0.25) is 4.79 Å². The number of carbonyl (C=O) groups excluding carboxylic acids is 1. The molecule has 22 heavy (non-hydrogen) atoms. The van der Waals surface area contributed by atoms with Crippen LogP contribution in [0.5, 0.6) is 0 Å². The zero-order valence-corrected chi connectivity index (χ0v) is 13.2. The minimum absolute atomic E-state index is 0.0809. The summed E-state index contributed by atoms with van der Waals surface area (Å²) in [5.74, 6) is -0.0809. The quantitative estimate of drug-likeness (QED) is 0.942. The number of hydrogen-bond acceptors (Lipinski definition) is 5. The minimum Gasteiger partial charge on any atom is -0.381 e. The second-order valence-electron chi connectivity index (χ2n) is 5.94. The van der Waals surface area contributed by atoms with E-state index in [9.17, 15) is 4.79 Å². The van der Waals surface area contributed by atoms with E-state index in [2.05, 4.69) is 15.5 Å². The van der Waals surface area contributed by atoms with Crippen LogP contribution in [0.15, 0.2) is 10.6 Å². The minimum atomic E-state index is -0.0809. The first kappa shape index (κ1) is 15.0. The van der Waals surface area contributed by atoms with Crippen molar-refractivity contribution in [2.24, 2.45) is 0 Å². The van der Waals surface area contributed by atoms with E-state index in [1.807, 2.05) is 13.8 Å². The number of amides is 1. The SMILES string of the molecule is COC1CCC(NC(=O)c2cc(C)nc3onc(C)c23)CC1. The van der Waals surface area contributed by atoms with Gasteiger partial charge in [0.2, 0.25) is 0 Å². The van der Waals surface area contributed by atoms with Crippen LogP contribution in [0, 0.1) is 13.8 Å². The van der Waals surface area contributed by atoms with Crippen molar-refractivity contribution < 1.29 is 14.1 Å². The third-order valence-corrected chi connectivity index (χ3v) is 4.33. The molecule has 2 aromatic rings. The molecule has 0 unspecified atom stereocenters. The molecule has 6 nitrogen and oxygen atoms in total. The molecule has 6 heteroatoms. The Balaban J connectivity index is 1.79. The Morgan fingerprint density at radius 1 is 1.32 bits per heavy atom. The zero-order chi connectivity index (χ0) is 15.7. The lowest BCUT2D eigenvalue weighted by molar-refractivity contribution is 0.0599. The van der Waals surface area contributed by atoms with Crippen molar-refractivity contribution in [1.29, 1.82) is 0 Å². The molecule has 1 saturated carbocycles. The largest absolute Gasteiger partial charge is 0.381 e. The molecule has 2 aromatic heterocycles. The summed E-state index contributed by atoms with van der Waals surface area (Å²) < 4.78 is 10.5. The van der Waals surface area contributed by atoms with Gasteiger partial charge in [-0.15, -0.1) is 0 Å². The Morgan fingerprint density at radius 3 is 2.73 bits per heavy atom. The highest BCUT2D eigenvalue weighted by Gasteiger charge is 2.24. The molecule has 0 aliphatic heterocycles. The second-order valence-corrected chi connectivity index (χ2v) is 5.94. The van der Waals surface area contributed by atoms with Crippen LogP contribution >= 0.6 is 0 Å². The maximum absolute atomic E-state index is 12.6. The first-order valence-corrected chi connectivity index (χ1v) is 7.65. The monoisotopic (exact) mass is 303 g/mol. The molecule has 0 atom stereocenters. The molecule has 1 aliphatic rings. The first-order valence-electron chi connectivity index (χ1n) is 7.65. The predicted octanol–water partition coefficient (Wildman–Crippen LogP) is 2.53. The maximum atomic E-state index is 12.6. The number of nitrogens with zero attached hydrogens (tertiary/aromatic N) is 2. The third-order valence-electron chi connectivity index (χ3n) is 4.33. The van der Waals surface area contributed by atoms with E-state index in [-0.39, 0.29) is 11.9 Å². The van der Waals surface area contributed by atoms with Gasteiger partial charge in [0.1, 0.15) is 0 Å².